The summed E-state index contributed by atoms with van der Waals surface area (Å²) in [6.45, 7) is 6.68. The summed E-state index contributed by atoms with van der Waals surface area (Å²) in [5.41, 5.74) is -0.746. The first-order valence-electron chi connectivity index (χ1n) is 9.75. The van der Waals surface area contributed by atoms with E-state index in [4.69, 9.17) is 0 Å². The molecule has 3 heterocycles. The zero-order chi connectivity index (χ0) is 19.4. The first-order valence-corrected chi connectivity index (χ1v) is 9.75. The highest BCUT2D eigenvalue weighted by molar-refractivity contribution is 5.80. The Kier molecular flexibility index (Phi) is 6.29. The fraction of sp³-hybridized carbons (Fsp3) is 0.778. The van der Waals surface area contributed by atoms with Crippen LogP contribution in [0.15, 0.2) is 11.2 Å². The zero-order valence-corrected chi connectivity index (χ0v) is 16.1. The number of aromatic nitrogens is 2. The van der Waals surface area contributed by atoms with Gasteiger partial charge >= 0.3 is 6.18 Å². The van der Waals surface area contributed by atoms with Gasteiger partial charge in [0.15, 0.2) is 11.7 Å². The monoisotopic (exact) mass is 386 g/mol. The van der Waals surface area contributed by atoms with Gasteiger partial charge in [-0.3, -0.25) is 9.58 Å². The standard InChI is InChI=1S/C18H29F3N6/c1-3-22-17(23-11-14-12-25(2)24-16(14)18(19,20)21)27-10-7-15(13-27)26-8-5-4-6-9-26/h12,15H,3-11,13H2,1-2H3,(H,22,23). The number of likely N-dealkylation sites (tertiary alicyclic amines) is 2. The maximum absolute atomic E-state index is 13.1. The molecule has 1 atom stereocenters. The largest absolute Gasteiger partial charge is 0.435 e. The van der Waals surface area contributed by atoms with Crippen LogP contribution in [0.5, 0.6) is 0 Å². The number of hydrogen-bond donors (Lipinski definition) is 1. The third-order valence-corrected chi connectivity index (χ3v) is 5.28. The molecule has 3 rings (SSSR count). The maximum Gasteiger partial charge on any atom is 0.435 e. The summed E-state index contributed by atoms with van der Waals surface area (Å²) in [5, 5.41) is 6.79. The molecule has 2 aliphatic rings. The van der Waals surface area contributed by atoms with Crippen molar-refractivity contribution in [3.05, 3.63) is 17.5 Å². The Bertz CT molecular complexity index is 648. The van der Waals surface area contributed by atoms with Crippen molar-refractivity contribution < 1.29 is 13.2 Å². The van der Waals surface area contributed by atoms with Crippen molar-refractivity contribution >= 4 is 5.96 Å². The van der Waals surface area contributed by atoms with E-state index in [2.05, 4.69) is 25.2 Å². The Hall–Kier alpha value is -1.77. The summed E-state index contributed by atoms with van der Waals surface area (Å²) in [7, 11) is 1.50. The average Bonchev–Trinajstić information content (AvgIpc) is 3.26. The van der Waals surface area contributed by atoms with Gasteiger partial charge in [-0.15, -0.1) is 0 Å². The molecule has 2 saturated heterocycles. The number of halogens is 3. The molecule has 0 aromatic carbocycles. The normalized spacial score (nSPS) is 22.5. The predicted octanol–water partition coefficient (Wildman–Crippen LogP) is 2.46. The topological polar surface area (TPSA) is 48.7 Å². The molecule has 0 spiro atoms. The smallest absolute Gasteiger partial charge is 0.357 e. The minimum Gasteiger partial charge on any atom is -0.357 e. The molecule has 0 saturated carbocycles. The van der Waals surface area contributed by atoms with Crippen molar-refractivity contribution in [2.45, 2.75) is 51.4 Å². The molecule has 1 aromatic rings. The number of alkyl halides is 3. The number of nitrogens with zero attached hydrogens (tertiary/aromatic N) is 5. The Morgan fingerprint density at radius 3 is 2.67 bits per heavy atom. The highest BCUT2D eigenvalue weighted by atomic mass is 19.4. The Morgan fingerprint density at radius 2 is 2.00 bits per heavy atom. The van der Waals surface area contributed by atoms with Crippen molar-refractivity contribution in [2.24, 2.45) is 12.0 Å². The van der Waals surface area contributed by atoms with Gasteiger partial charge in [-0.2, -0.15) is 18.3 Å². The molecule has 1 unspecified atom stereocenters. The van der Waals surface area contributed by atoms with E-state index in [1.807, 2.05) is 6.92 Å². The van der Waals surface area contributed by atoms with Crippen LogP contribution in [0.3, 0.4) is 0 Å². The van der Waals surface area contributed by atoms with Gasteiger partial charge in [0.2, 0.25) is 0 Å². The highest BCUT2D eigenvalue weighted by Crippen LogP contribution is 2.31. The Morgan fingerprint density at radius 1 is 1.26 bits per heavy atom. The molecule has 9 heteroatoms. The molecular formula is C18H29F3N6. The van der Waals surface area contributed by atoms with Gasteiger partial charge in [-0.05, 0) is 39.3 Å². The van der Waals surface area contributed by atoms with E-state index in [1.165, 1.54) is 37.2 Å². The summed E-state index contributed by atoms with van der Waals surface area (Å²) in [6, 6.07) is 0.512. The van der Waals surface area contributed by atoms with E-state index in [9.17, 15) is 13.2 Å². The second-order valence-corrected chi connectivity index (χ2v) is 7.33. The average molecular weight is 386 g/mol. The lowest BCUT2D eigenvalue weighted by Gasteiger charge is -2.32. The fourth-order valence-electron chi connectivity index (χ4n) is 3.99. The second kappa shape index (κ2) is 8.50. The first-order chi connectivity index (χ1) is 12.9. The van der Waals surface area contributed by atoms with Crippen LogP contribution in [0, 0.1) is 0 Å². The number of nitrogens with one attached hydrogen (secondary N) is 1. The summed E-state index contributed by atoms with van der Waals surface area (Å²) in [5.74, 6) is 0.689. The predicted molar refractivity (Wildman–Crippen MR) is 98.4 cm³/mol. The third-order valence-electron chi connectivity index (χ3n) is 5.28. The summed E-state index contributed by atoms with van der Waals surface area (Å²) in [4.78, 5) is 9.22. The minimum absolute atomic E-state index is 0.0318. The quantitative estimate of drug-likeness (QED) is 0.638. The molecule has 0 bridgehead atoms. The molecule has 1 N–H and O–H groups in total. The van der Waals surface area contributed by atoms with Gasteiger partial charge in [0.25, 0.3) is 0 Å². The van der Waals surface area contributed by atoms with E-state index < -0.39 is 11.9 Å². The van der Waals surface area contributed by atoms with Crippen LogP contribution >= 0.6 is 0 Å². The second-order valence-electron chi connectivity index (χ2n) is 7.33. The number of rotatable bonds is 4. The van der Waals surface area contributed by atoms with Crippen molar-refractivity contribution in [3.63, 3.8) is 0 Å². The SMILES string of the molecule is CCNC(=NCc1cn(C)nc1C(F)(F)F)N1CCC(N2CCCCC2)C1. The maximum atomic E-state index is 13.1. The zero-order valence-electron chi connectivity index (χ0n) is 16.1. The summed E-state index contributed by atoms with van der Waals surface area (Å²) in [6.07, 6.45) is 1.83. The lowest BCUT2D eigenvalue weighted by molar-refractivity contribution is -0.142. The molecule has 152 valence electrons. The molecule has 2 aliphatic heterocycles. The van der Waals surface area contributed by atoms with Crippen LogP contribution in [0.1, 0.15) is 43.9 Å². The molecule has 1 aromatic heterocycles. The third kappa shape index (κ3) is 4.94. The lowest BCUT2D eigenvalue weighted by atomic mass is 10.1. The van der Waals surface area contributed by atoms with Crippen LogP contribution in [-0.4, -0.2) is 64.3 Å². The van der Waals surface area contributed by atoms with Crippen LogP contribution in [0.25, 0.3) is 0 Å². The van der Waals surface area contributed by atoms with Crippen molar-refractivity contribution in [2.75, 3.05) is 32.7 Å². The van der Waals surface area contributed by atoms with Crippen molar-refractivity contribution in [1.82, 2.24) is 24.9 Å². The highest BCUT2D eigenvalue weighted by Gasteiger charge is 2.37. The number of aliphatic imine (C=N–C) groups is 1. The fourth-order valence-corrected chi connectivity index (χ4v) is 3.99. The Labute approximate surface area is 158 Å². The molecule has 27 heavy (non-hydrogen) atoms. The summed E-state index contributed by atoms with van der Waals surface area (Å²) >= 11 is 0. The van der Waals surface area contributed by atoms with Crippen LogP contribution in [0.4, 0.5) is 13.2 Å². The van der Waals surface area contributed by atoms with Crippen molar-refractivity contribution in [3.8, 4) is 0 Å². The number of hydrogen-bond acceptors (Lipinski definition) is 3. The molecule has 0 aliphatic carbocycles. The minimum atomic E-state index is -4.46. The molecule has 6 nitrogen and oxygen atoms in total. The number of piperidine rings is 1. The van der Waals surface area contributed by atoms with E-state index in [1.54, 1.807) is 0 Å². The van der Waals surface area contributed by atoms with Gasteiger partial charge in [-0.1, -0.05) is 6.42 Å². The summed E-state index contributed by atoms with van der Waals surface area (Å²) < 4.78 is 40.6. The van der Waals surface area contributed by atoms with Crippen molar-refractivity contribution in [1.29, 1.82) is 0 Å². The molecular weight excluding hydrogens is 357 g/mol. The van der Waals surface area contributed by atoms with Crippen LogP contribution in [0.2, 0.25) is 0 Å². The van der Waals surface area contributed by atoms with E-state index >= 15 is 0 Å². The van der Waals surface area contributed by atoms with E-state index in [0.29, 0.717) is 18.5 Å². The van der Waals surface area contributed by atoms with Crippen LogP contribution in [-0.2, 0) is 19.8 Å². The number of guanidine groups is 1. The van der Waals surface area contributed by atoms with Gasteiger partial charge in [0.1, 0.15) is 0 Å². The van der Waals surface area contributed by atoms with E-state index in [0.717, 1.165) is 32.6 Å². The van der Waals surface area contributed by atoms with Gasteiger partial charge in [0.05, 0.1) is 6.54 Å². The Balaban J connectivity index is 1.69. The molecule has 0 radical (unpaired) electrons. The van der Waals surface area contributed by atoms with Crippen LogP contribution < -0.4 is 5.32 Å². The van der Waals surface area contributed by atoms with E-state index in [-0.39, 0.29) is 12.1 Å². The van der Waals surface area contributed by atoms with Gasteiger partial charge in [-0.25, -0.2) is 4.99 Å². The molecule has 0 amide bonds. The first kappa shape index (κ1) is 20.0. The van der Waals surface area contributed by atoms with Gasteiger partial charge < -0.3 is 10.2 Å². The molecule has 2 fully saturated rings. The van der Waals surface area contributed by atoms with Gasteiger partial charge in [0, 0.05) is 44.5 Å². The lowest BCUT2D eigenvalue weighted by Crippen LogP contribution is -2.44. The number of aryl methyl sites for hydroxylation is 1.